The first kappa shape index (κ1) is 12.6. The van der Waals surface area contributed by atoms with Crippen LogP contribution in [-0.4, -0.2) is 16.1 Å². The van der Waals surface area contributed by atoms with Gasteiger partial charge in [-0.3, -0.25) is 0 Å². The number of nitrogens with one attached hydrogen (secondary N) is 1. The highest BCUT2D eigenvalue weighted by atomic mass is 15.1. The summed E-state index contributed by atoms with van der Waals surface area (Å²) in [7, 11) is 0. The predicted octanol–water partition coefficient (Wildman–Crippen LogP) is 3.13. The van der Waals surface area contributed by atoms with Crippen molar-refractivity contribution in [1.82, 2.24) is 14.9 Å². The van der Waals surface area contributed by atoms with E-state index >= 15 is 0 Å². The first-order valence-corrected chi connectivity index (χ1v) is 6.80. The fourth-order valence-electron chi connectivity index (χ4n) is 2.37. The average molecular weight is 235 g/mol. The maximum atomic E-state index is 4.32. The SMILES string of the molecule is CC(C)(C)CCn1cncc1C1CCCCN1. The Hall–Kier alpha value is -0.830. The molecule has 1 aliphatic heterocycles. The van der Waals surface area contributed by atoms with Gasteiger partial charge < -0.3 is 9.88 Å². The van der Waals surface area contributed by atoms with E-state index in [9.17, 15) is 0 Å². The van der Waals surface area contributed by atoms with Gasteiger partial charge in [-0.15, -0.1) is 0 Å². The Bertz CT molecular complexity index is 343. The quantitative estimate of drug-likeness (QED) is 0.872. The summed E-state index contributed by atoms with van der Waals surface area (Å²) in [6.45, 7) is 9.11. The van der Waals surface area contributed by atoms with E-state index in [1.807, 2.05) is 12.5 Å². The van der Waals surface area contributed by atoms with Gasteiger partial charge in [-0.25, -0.2) is 4.98 Å². The smallest absolute Gasteiger partial charge is 0.0948 e. The molecule has 3 nitrogen and oxygen atoms in total. The third kappa shape index (κ3) is 3.56. The molecule has 1 saturated heterocycles. The largest absolute Gasteiger partial charge is 0.333 e. The number of aryl methyl sites for hydroxylation is 1. The normalized spacial score (nSPS) is 21.7. The van der Waals surface area contributed by atoms with Crippen molar-refractivity contribution in [3.05, 3.63) is 18.2 Å². The van der Waals surface area contributed by atoms with Crippen LogP contribution in [0.15, 0.2) is 12.5 Å². The van der Waals surface area contributed by atoms with E-state index < -0.39 is 0 Å². The summed E-state index contributed by atoms with van der Waals surface area (Å²) in [5.41, 5.74) is 1.76. The second-order valence-corrected chi connectivity index (χ2v) is 6.33. The molecular weight excluding hydrogens is 210 g/mol. The van der Waals surface area contributed by atoms with E-state index in [-0.39, 0.29) is 0 Å². The lowest BCUT2D eigenvalue weighted by Gasteiger charge is -2.25. The number of aromatic nitrogens is 2. The minimum Gasteiger partial charge on any atom is -0.333 e. The number of hydrogen-bond acceptors (Lipinski definition) is 2. The zero-order valence-electron chi connectivity index (χ0n) is 11.4. The van der Waals surface area contributed by atoms with Gasteiger partial charge in [0.1, 0.15) is 0 Å². The van der Waals surface area contributed by atoms with Gasteiger partial charge in [0.15, 0.2) is 0 Å². The lowest BCUT2D eigenvalue weighted by molar-refractivity contribution is 0.336. The highest BCUT2D eigenvalue weighted by Gasteiger charge is 2.19. The Morgan fingerprint density at radius 2 is 2.24 bits per heavy atom. The van der Waals surface area contributed by atoms with Crippen LogP contribution in [0.5, 0.6) is 0 Å². The minimum atomic E-state index is 0.390. The van der Waals surface area contributed by atoms with Crippen molar-refractivity contribution in [3.8, 4) is 0 Å². The molecule has 1 fully saturated rings. The monoisotopic (exact) mass is 235 g/mol. The molecule has 1 atom stereocenters. The van der Waals surface area contributed by atoms with Crippen LogP contribution in [0.2, 0.25) is 0 Å². The zero-order valence-corrected chi connectivity index (χ0v) is 11.4. The van der Waals surface area contributed by atoms with Gasteiger partial charge in [-0.1, -0.05) is 27.2 Å². The van der Waals surface area contributed by atoms with Crippen LogP contribution in [0, 0.1) is 5.41 Å². The molecule has 0 amide bonds. The second kappa shape index (κ2) is 5.21. The first-order chi connectivity index (χ1) is 8.06. The lowest BCUT2D eigenvalue weighted by Crippen LogP contribution is -2.28. The molecule has 2 rings (SSSR count). The van der Waals surface area contributed by atoms with E-state index in [1.54, 1.807) is 0 Å². The molecule has 17 heavy (non-hydrogen) atoms. The molecule has 0 aromatic carbocycles. The van der Waals surface area contributed by atoms with E-state index in [1.165, 1.54) is 31.4 Å². The van der Waals surface area contributed by atoms with Gasteiger partial charge in [0.05, 0.1) is 12.0 Å². The molecule has 1 aromatic rings. The third-order valence-electron chi connectivity index (χ3n) is 3.51. The average Bonchev–Trinajstić information content (AvgIpc) is 2.75. The van der Waals surface area contributed by atoms with Crippen molar-refractivity contribution in [2.75, 3.05) is 6.54 Å². The summed E-state index contributed by atoms with van der Waals surface area (Å²) in [5.74, 6) is 0. The van der Waals surface area contributed by atoms with Crippen LogP contribution in [0.4, 0.5) is 0 Å². The van der Waals surface area contributed by atoms with Crippen molar-refractivity contribution in [2.45, 2.75) is 59.0 Å². The van der Waals surface area contributed by atoms with E-state index in [4.69, 9.17) is 0 Å². The molecule has 1 N–H and O–H groups in total. The molecule has 0 radical (unpaired) electrons. The Morgan fingerprint density at radius 1 is 1.41 bits per heavy atom. The Morgan fingerprint density at radius 3 is 2.88 bits per heavy atom. The van der Waals surface area contributed by atoms with Crippen LogP contribution in [-0.2, 0) is 6.54 Å². The van der Waals surface area contributed by atoms with Crippen LogP contribution in [0.25, 0.3) is 0 Å². The van der Waals surface area contributed by atoms with Crippen molar-refractivity contribution in [2.24, 2.45) is 5.41 Å². The standard InChI is InChI=1S/C14H25N3/c1-14(2,3)7-9-17-11-15-10-13(17)12-6-4-5-8-16-12/h10-12,16H,4-9H2,1-3H3. The molecule has 3 heteroatoms. The van der Waals surface area contributed by atoms with Gasteiger partial charge in [0.25, 0.3) is 0 Å². The highest BCUT2D eigenvalue weighted by molar-refractivity contribution is 5.06. The minimum absolute atomic E-state index is 0.390. The highest BCUT2D eigenvalue weighted by Crippen LogP contribution is 2.25. The Balaban J connectivity index is 2.00. The van der Waals surface area contributed by atoms with E-state index in [0.29, 0.717) is 11.5 Å². The summed E-state index contributed by atoms with van der Waals surface area (Å²) in [6.07, 6.45) is 9.11. The van der Waals surface area contributed by atoms with E-state index in [0.717, 1.165) is 13.1 Å². The summed E-state index contributed by atoms with van der Waals surface area (Å²) >= 11 is 0. The molecule has 1 aliphatic rings. The first-order valence-electron chi connectivity index (χ1n) is 6.80. The van der Waals surface area contributed by atoms with Crippen LogP contribution in [0.3, 0.4) is 0 Å². The number of piperidine rings is 1. The summed E-state index contributed by atoms with van der Waals surface area (Å²) < 4.78 is 2.33. The number of rotatable bonds is 3. The van der Waals surface area contributed by atoms with Crippen molar-refractivity contribution in [1.29, 1.82) is 0 Å². The zero-order chi connectivity index (χ0) is 12.3. The van der Waals surface area contributed by atoms with Crippen molar-refractivity contribution < 1.29 is 0 Å². The maximum Gasteiger partial charge on any atom is 0.0948 e. The summed E-state index contributed by atoms with van der Waals surface area (Å²) in [4.78, 5) is 4.32. The van der Waals surface area contributed by atoms with Gasteiger partial charge in [0, 0.05) is 18.8 Å². The van der Waals surface area contributed by atoms with Gasteiger partial charge in [-0.05, 0) is 31.2 Å². The van der Waals surface area contributed by atoms with Crippen LogP contribution in [0.1, 0.15) is 58.2 Å². The molecule has 0 bridgehead atoms. The fraction of sp³-hybridized carbons (Fsp3) is 0.786. The van der Waals surface area contributed by atoms with Crippen LogP contribution < -0.4 is 5.32 Å². The molecule has 2 heterocycles. The molecule has 0 aliphatic carbocycles. The van der Waals surface area contributed by atoms with Crippen molar-refractivity contribution in [3.63, 3.8) is 0 Å². The summed E-state index contributed by atoms with van der Waals surface area (Å²) in [5, 5.41) is 3.60. The van der Waals surface area contributed by atoms with Gasteiger partial charge in [-0.2, -0.15) is 0 Å². The van der Waals surface area contributed by atoms with Gasteiger partial charge in [0.2, 0.25) is 0 Å². The second-order valence-electron chi connectivity index (χ2n) is 6.33. The summed E-state index contributed by atoms with van der Waals surface area (Å²) in [6, 6.07) is 0.520. The number of imidazole rings is 1. The molecule has 0 spiro atoms. The Labute approximate surface area is 105 Å². The third-order valence-corrected chi connectivity index (χ3v) is 3.51. The molecule has 0 saturated carbocycles. The topological polar surface area (TPSA) is 29.9 Å². The molecular formula is C14H25N3. The number of hydrogen-bond donors (Lipinski definition) is 1. The fourth-order valence-corrected chi connectivity index (χ4v) is 2.37. The lowest BCUT2D eigenvalue weighted by atomic mass is 9.92. The maximum absolute atomic E-state index is 4.32. The molecule has 1 aromatic heterocycles. The number of nitrogens with zero attached hydrogens (tertiary/aromatic N) is 2. The predicted molar refractivity (Wildman–Crippen MR) is 70.9 cm³/mol. The van der Waals surface area contributed by atoms with Crippen LogP contribution >= 0.6 is 0 Å². The molecule has 96 valence electrons. The van der Waals surface area contributed by atoms with E-state index in [2.05, 4.69) is 35.6 Å². The van der Waals surface area contributed by atoms with Gasteiger partial charge >= 0.3 is 0 Å². The Kier molecular flexibility index (Phi) is 3.87. The van der Waals surface area contributed by atoms with Crippen molar-refractivity contribution >= 4 is 0 Å². The molecule has 1 unspecified atom stereocenters.